The third-order valence-corrected chi connectivity index (χ3v) is 7.51. The van der Waals surface area contributed by atoms with E-state index in [2.05, 4.69) is 28.9 Å². The van der Waals surface area contributed by atoms with Crippen LogP contribution in [0.15, 0.2) is 54.6 Å². The summed E-state index contributed by atoms with van der Waals surface area (Å²) >= 11 is 0. The molecule has 2 amide bonds. The van der Waals surface area contributed by atoms with Crippen molar-refractivity contribution in [2.75, 3.05) is 58.4 Å². The summed E-state index contributed by atoms with van der Waals surface area (Å²) in [5.41, 5.74) is 3.11. The largest absolute Gasteiger partial charge is 0.497 e. The smallest absolute Gasteiger partial charge is 0.254 e. The first-order valence-corrected chi connectivity index (χ1v) is 13.8. The van der Waals surface area contributed by atoms with E-state index in [0.717, 1.165) is 23.4 Å². The molecule has 0 aliphatic carbocycles. The Morgan fingerprint density at radius 1 is 0.975 bits per heavy atom. The average Bonchev–Trinajstić information content (AvgIpc) is 3.00. The SMILES string of the molecule is CC[C@H](C)CN(CC(=O)N1CCN(c2ccc(-c3ccc(OC)cc3OC)nn2)CC1)C(=O)c1ccccc1C. The van der Waals surface area contributed by atoms with Crippen molar-refractivity contribution in [1.29, 1.82) is 0 Å². The van der Waals surface area contributed by atoms with Crippen molar-refractivity contribution in [3.63, 3.8) is 0 Å². The third-order valence-electron chi connectivity index (χ3n) is 7.51. The zero-order chi connectivity index (χ0) is 28.6. The molecule has 0 unspecified atom stereocenters. The number of amides is 2. The van der Waals surface area contributed by atoms with Gasteiger partial charge in [0.1, 0.15) is 18.0 Å². The van der Waals surface area contributed by atoms with Crippen molar-refractivity contribution in [2.24, 2.45) is 5.92 Å². The Balaban J connectivity index is 1.38. The van der Waals surface area contributed by atoms with Crippen LogP contribution in [0.5, 0.6) is 11.5 Å². The van der Waals surface area contributed by atoms with E-state index in [9.17, 15) is 9.59 Å². The molecule has 1 fully saturated rings. The number of nitrogens with zero attached hydrogens (tertiary/aromatic N) is 5. The van der Waals surface area contributed by atoms with Gasteiger partial charge in [-0.05, 0) is 48.7 Å². The molecule has 9 nitrogen and oxygen atoms in total. The fraction of sp³-hybridized carbons (Fsp3) is 0.419. The highest BCUT2D eigenvalue weighted by Gasteiger charge is 2.27. The molecular weight excluding hydrogens is 506 g/mol. The number of aromatic nitrogens is 2. The number of carbonyl (C=O) groups excluding carboxylic acids is 2. The molecule has 212 valence electrons. The standard InChI is InChI=1S/C31H39N5O4/c1-6-22(2)20-36(31(38)25-10-8-7-9-23(25)3)21-30(37)35-17-15-34(16-18-35)29-14-13-27(32-33-29)26-12-11-24(39-4)19-28(26)40-5/h7-14,19,22H,6,15-18,20-21H2,1-5H3/t22-/m0/s1. The van der Waals surface area contributed by atoms with Crippen molar-refractivity contribution in [1.82, 2.24) is 20.0 Å². The molecule has 0 bridgehead atoms. The predicted octanol–water partition coefficient (Wildman–Crippen LogP) is 4.31. The number of ether oxygens (including phenoxy) is 2. The Kier molecular flexibility index (Phi) is 9.58. The van der Waals surface area contributed by atoms with Gasteiger partial charge >= 0.3 is 0 Å². The second-order valence-corrected chi connectivity index (χ2v) is 10.2. The zero-order valence-corrected chi connectivity index (χ0v) is 24.1. The van der Waals surface area contributed by atoms with Gasteiger partial charge in [0.25, 0.3) is 5.91 Å². The molecule has 0 saturated carbocycles. The van der Waals surface area contributed by atoms with Gasteiger partial charge in [0.05, 0.1) is 19.9 Å². The minimum Gasteiger partial charge on any atom is -0.497 e. The lowest BCUT2D eigenvalue weighted by Gasteiger charge is -2.36. The minimum absolute atomic E-state index is 0.0297. The van der Waals surface area contributed by atoms with Gasteiger partial charge in [0.2, 0.25) is 5.91 Å². The molecule has 1 aromatic heterocycles. The first-order chi connectivity index (χ1) is 19.3. The number of anilines is 1. The molecule has 1 aliphatic rings. The lowest BCUT2D eigenvalue weighted by molar-refractivity contribution is -0.132. The minimum atomic E-state index is -0.0887. The van der Waals surface area contributed by atoms with Gasteiger partial charge in [-0.3, -0.25) is 9.59 Å². The van der Waals surface area contributed by atoms with Crippen LogP contribution in [0, 0.1) is 12.8 Å². The van der Waals surface area contributed by atoms with Crippen molar-refractivity contribution < 1.29 is 19.1 Å². The monoisotopic (exact) mass is 545 g/mol. The van der Waals surface area contributed by atoms with Gasteiger partial charge in [0.15, 0.2) is 5.82 Å². The topological polar surface area (TPSA) is 88.1 Å². The summed E-state index contributed by atoms with van der Waals surface area (Å²) < 4.78 is 10.8. The first kappa shape index (κ1) is 28.9. The molecule has 0 radical (unpaired) electrons. The van der Waals surface area contributed by atoms with Crippen LogP contribution in [0.25, 0.3) is 11.3 Å². The van der Waals surface area contributed by atoms with E-state index in [1.165, 1.54) is 0 Å². The Labute approximate surface area is 236 Å². The zero-order valence-electron chi connectivity index (χ0n) is 24.1. The molecule has 2 aromatic carbocycles. The molecule has 9 heteroatoms. The number of methoxy groups -OCH3 is 2. The maximum Gasteiger partial charge on any atom is 0.254 e. The summed E-state index contributed by atoms with van der Waals surface area (Å²) in [4.78, 5) is 32.4. The number of benzene rings is 2. The van der Waals surface area contributed by atoms with Gasteiger partial charge in [-0.25, -0.2) is 0 Å². The lowest BCUT2D eigenvalue weighted by Crippen LogP contribution is -2.52. The van der Waals surface area contributed by atoms with Gasteiger partial charge in [-0.1, -0.05) is 38.5 Å². The highest BCUT2D eigenvalue weighted by molar-refractivity contribution is 5.97. The van der Waals surface area contributed by atoms with Crippen LogP contribution in [0.4, 0.5) is 5.82 Å². The molecule has 40 heavy (non-hydrogen) atoms. The number of aryl methyl sites for hydroxylation is 1. The van der Waals surface area contributed by atoms with E-state index in [1.807, 2.05) is 66.4 Å². The number of piperazine rings is 1. The second kappa shape index (κ2) is 13.3. The summed E-state index contributed by atoms with van der Waals surface area (Å²) in [7, 11) is 3.23. The van der Waals surface area contributed by atoms with Crippen LogP contribution in [0.2, 0.25) is 0 Å². The predicted molar refractivity (Wildman–Crippen MR) is 156 cm³/mol. The van der Waals surface area contributed by atoms with Gasteiger partial charge in [0, 0.05) is 49.9 Å². The van der Waals surface area contributed by atoms with E-state index in [-0.39, 0.29) is 18.4 Å². The number of carbonyl (C=O) groups is 2. The van der Waals surface area contributed by atoms with Crippen LogP contribution in [0.3, 0.4) is 0 Å². The summed E-state index contributed by atoms with van der Waals surface area (Å²) in [6.07, 6.45) is 0.940. The molecular formula is C31H39N5O4. The third kappa shape index (κ3) is 6.70. The van der Waals surface area contributed by atoms with Crippen molar-refractivity contribution >= 4 is 17.6 Å². The molecule has 0 N–H and O–H groups in total. The Hall–Kier alpha value is -4.14. The van der Waals surface area contributed by atoms with Gasteiger partial charge < -0.3 is 24.2 Å². The van der Waals surface area contributed by atoms with Crippen molar-refractivity contribution in [2.45, 2.75) is 27.2 Å². The van der Waals surface area contributed by atoms with Crippen molar-refractivity contribution in [3.05, 3.63) is 65.7 Å². The maximum absolute atomic E-state index is 13.4. The van der Waals surface area contributed by atoms with E-state index in [4.69, 9.17) is 9.47 Å². The highest BCUT2D eigenvalue weighted by Crippen LogP contribution is 2.32. The maximum atomic E-state index is 13.4. The normalized spacial score (nSPS) is 14.0. The van der Waals surface area contributed by atoms with Crippen LogP contribution < -0.4 is 14.4 Å². The number of hydrogen-bond acceptors (Lipinski definition) is 7. The van der Waals surface area contributed by atoms with Crippen LogP contribution in [0.1, 0.15) is 36.2 Å². The number of rotatable bonds is 10. The molecule has 0 spiro atoms. The molecule has 3 aromatic rings. The Bertz CT molecular complexity index is 1310. The van der Waals surface area contributed by atoms with Gasteiger partial charge in [-0.15, -0.1) is 10.2 Å². The highest BCUT2D eigenvalue weighted by atomic mass is 16.5. The van der Waals surface area contributed by atoms with E-state index in [1.54, 1.807) is 19.1 Å². The summed E-state index contributed by atoms with van der Waals surface area (Å²) in [6, 6.07) is 17.0. The van der Waals surface area contributed by atoms with Crippen molar-refractivity contribution in [3.8, 4) is 22.8 Å². The number of hydrogen-bond donors (Lipinski definition) is 0. The quantitative estimate of drug-likeness (QED) is 0.375. The molecule has 4 rings (SSSR count). The molecule has 2 heterocycles. The van der Waals surface area contributed by atoms with Gasteiger partial charge in [-0.2, -0.15) is 0 Å². The Morgan fingerprint density at radius 3 is 2.35 bits per heavy atom. The lowest BCUT2D eigenvalue weighted by atomic mass is 10.1. The second-order valence-electron chi connectivity index (χ2n) is 10.2. The fourth-order valence-electron chi connectivity index (χ4n) is 4.80. The molecule has 1 aliphatic heterocycles. The summed E-state index contributed by atoms with van der Waals surface area (Å²) in [6.45, 7) is 9.17. The summed E-state index contributed by atoms with van der Waals surface area (Å²) in [5, 5.41) is 8.89. The van der Waals surface area contributed by atoms with E-state index >= 15 is 0 Å². The van der Waals surface area contributed by atoms with E-state index in [0.29, 0.717) is 61.4 Å². The van der Waals surface area contributed by atoms with Crippen LogP contribution >= 0.6 is 0 Å². The first-order valence-electron chi connectivity index (χ1n) is 13.8. The average molecular weight is 546 g/mol. The van der Waals surface area contributed by atoms with E-state index < -0.39 is 0 Å². The Morgan fingerprint density at radius 2 is 1.73 bits per heavy atom. The van der Waals surface area contributed by atoms with Crippen LogP contribution in [-0.4, -0.2) is 85.3 Å². The fourth-order valence-corrected chi connectivity index (χ4v) is 4.80. The van der Waals surface area contributed by atoms with Crippen LogP contribution in [-0.2, 0) is 4.79 Å². The molecule has 1 atom stereocenters. The molecule has 1 saturated heterocycles. The summed E-state index contributed by atoms with van der Waals surface area (Å²) in [5.74, 6) is 2.32.